The molecule has 51 heavy (non-hydrogen) atoms. The highest BCUT2D eigenvalue weighted by atomic mass is 32.1. The Bertz CT molecular complexity index is 3060. The van der Waals surface area contributed by atoms with Crippen molar-refractivity contribution in [3.63, 3.8) is 0 Å². The van der Waals surface area contributed by atoms with E-state index in [0.717, 1.165) is 38.4 Å². The van der Waals surface area contributed by atoms with Crippen molar-refractivity contribution in [3.05, 3.63) is 170 Å². The predicted molar refractivity (Wildman–Crippen MR) is 214 cm³/mol. The number of thiophene rings is 1. The molecule has 0 aliphatic rings. The lowest BCUT2D eigenvalue weighted by Gasteiger charge is -2.13. The van der Waals surface area contributed by atoms with Gasteiger partial charge in [0, 0.05) is 59.5 Å². The molecule has 11 rings (SSSR count). The summed E-state index contributed by atoms with van der Waals surface area (Å²) < 4.78 is 5.93. The first-order chi connectivity index (χ1) is 25.3. The second-order valence-electron chi connectivity index (χ2n) is 13.0. The van der Waals surface area contributed by atoms with Crippen LogP contribution in [0.25, 0.3) is 97.9 Å². The molecule has 0 N–H and O–H groups in total. The summed E-state index contributed by atoms with van der Waals surface area (Å²) >= 11 is 1.73. The molecule has 0 fully saturated rings. The number of rotatable bonds is 4. The molecule has 4 heterocycles. The second kappa shape index (κ2) is 11.0. The van der Waals surface area contributed by atoms with Gasteiger partial charge in [-0.3, -0.25) is 0 Å². The molecule has 0 saturated carbocycles. The maximum Gasteiger partial charge on any atom is 0.161 e. The summed E-state index contributed by atoms with van der Waals surface area (Å²) in [5.41, 5.74) is 9.90. The summed E-state index contributed by atoms with van der Waals surface area (Å²) in [6, 6.07) is 60.6. The minimum absolute atomic E-state index is 0.717. The van der Waals surface area contributed by atoms with Gasteiger partial charge < -0.3 is 9.13 Å². The van der Waals surface area contributed by atoms with Crippen molar-refractivity contribution in [3.8, 4) is 34.0 Å². The Hall–Kier alpha value is -6.56. The van der Waals surface area contributed by atoms with Gasteiger partial charge in [0.15, 0.2) is 5.82 Å². The lowest BCUT2D eigenvalue weighted by molar-refractivity contribution is 1.17. The number of nitrogens with zero attached hydrogens (tertiary/aromatic N) is 4. The first kappa shape index (κ1) is 28.3. The normalized spacial score (nSPS) is 11.9. The van der Waals surface area contributed by atoms with E-state index < -0.39 is 0 Å². The molecule has 7 aromatic carbocycles. The molecule has 4 aromatic heterocycles. The number of aromatic nitrogens is 4. The van der Waals surface area contributed by atoms with Gasteiger partial charge in [-0.1, -0.05) is 115 Å². The quantitative estimate of drug-likeness (QED) is 0.187. The molecular formula is C46H28N4S. The fourth-order valence-corrected chi connectivity index (χ4v) is 9.01. The number of para-hydroxylation sites is 4. The van der Waals surface area contributed by atoms with Crippen molar-refractivity contribution in [2.45, 2.75) is 0 Å². The summed E-state index contributed by atoms with van der Waals surface area (Å²) in [4.78, 5) is 11.7. The van der Waals surface area contributed by atoms with Crippen molar-refractivity contribution in [2.75, 3.05) is 0 Å². The molecule has 0 radical (unpaired) electrons. The van der Waals surface area contributed by atoms with Gasteiger partial charge in [0.25, 0.3) is 0 Å². The average molecular weight is 669 g/mol. The summed E-state index contributed by atoms with van der Waals surface area (Å²) in [6.07, 6.45) is 0. The Morgan fingerprint density at radius 2 is 0.843 bits per heavy atom. The number of hydrogen-bond donors (Lipinski definition) is 0. The SMILES string of the molecule is c1cc(-c2nc(-c3cccc(-n4c5ccccc5c5ccccc54)c3)c3c(n2)sc2ccccc23)cc(-n2c3ccccc3c3ccccc32)c1. The Balaban J connectivity index is 1.14. The first-order valence-corrected chi connectivity index (χ1v) is 18.0. The molecule has 0 unspecified atom stereocenters. The predicted octanol–water partition coefficient (Wildman–Crippen LogP) is 12.4. The van der Waals surface area contributed by atoms with Gasteiger partial charge in [0.2, 0.25) is 0 Å². The van der Waals surface area contributed by atoms with Gasteiger partial charge in [-0.15, -0.1) is 11.3 Å². The van der Waals surface area contributed by atoms with Crippen molar-refractivity contribution in [2.24, 2.45) is 0 Å². The van der Waals surface area contributed by atoms with Crippen LogP contribution < -0.4 is 0 Å². The van der Waals surface area contributed by atoms with Gasteiger partial charge in [-0.25, -0.2) is 9.97 Å². The van der Waals surface area contributed by atoms with E-state index >= 15 is 0 Å². The van der Waals surface area contributed by atoms with E-state index in [1.807, 2.05) is 0 Å². The van der Waals surface area contributed by atoms with Crippen molar-refractivity contribution < 1.29 is 0 Å². The van der Waals surface area contributed by atoms with Crippen LogP contribution in [-0.2, 0) is 0 Å². The highest BCUT2D eigenvalue weighted by Crippen LogP contribution is 2.41. The summed E-state index contributed by atoms with van der Waals surface area (Å²) in [5.74, 6) is 0.717. The van der Waals surface area contributed by atoms with E-state index in [-0.39, 0.29) is 0 Å². The molecular weight excluding hydrogens is 641 g/mol. The number of benzene rings is 7. The third-order valence-electron chi connectivity index (χ3n) is 10.1. The van der Waals surface area contributed by atoms with Gasteiger partial charge in [0.1, 0.15) is 4.83 Å². The lowest BCUT2D eigenvalue weighted by atomic mass is 10.0. The molecule has 11 aromatic rings. The molecule has 0 atom stereocenters. The Morgan fingerprint density at radius 1 is 0.392 bits per heavy atom. The standard InChI is InChI=1S/C46H28N4S/c1-6-22-38-33(17-1)34-18-2-7-23-39(34)49(38)31-15-11-13-29(27-31)44-43-37-21-5-10-26-42(37)51-46(43)48-45(47-44)30-14-12-16-32(28-30)50-40-24-8-3-19-35(40)36-20-4-9-25-41(36)50/h1-28H. The second-order valence-corrected chi connectivity index (χ2v) is 14.0. The summed E-state index contributed by atoms with van der Waals surface area (Å²) in [6.45, 7) is 0. The van der Waals surface area contributed by atoms with E-state index in [1.54, 1.807) is 11.3 Å². The van der Waals surface area contributed by atoms with Crippen molar-refractivity contribution in [1.82, 2.24) is 19.1 Å². The number of fused-ring (bicyclic) bond motifs is 9. The smallest absolute Gasteiger partial charge is 0.161 e. The Labute approximate surface area is 297 Å². The number of hydrogen-bond acceptors (Lipinski definition) is 3. The van der Waals surface area contributed by atoms with Crippen LogP contribution in [0.1, 0.15) is 0 Å². The Morgan fingerprint density at radius 3 is 1.39 bits per heavy atom. The summed E-state index contributed by atoms with van der Waals surface area (Å²) in [7, 11) is 0. The van der Waals surface area contributed by atoms with Gasteiger partial charge in [0.05, 0.1) is 27.8 Å². The van der Waals surface area contributed by atoms with Crippen LogP contribution in [0.4, 0.5) is 0 Å². The van der Waals surface area contributed by atoms with E-state index in [0.29, 0.717) is 5.82 Å². The Kier molecular flexibility index (Phi) is 6.09. The maximum atomic E-state index is 5.43. The van der Waals surface area contributed by atoms with Crippen LogP contribution >= 0.6 is 11.3 Å². The molecule has 0 aliphatic heterocycles. The maximum absolute atomic E-state index is 5.43. The van der Waals surface area contributed by atoms with Crippen molar-refractivity contribution in [1.29, 1.82) is 0 Å². The molecule has 0 saturated heterocycles. The third kappa shape index (κ3) is 4.25. The zero-order chi connectivity index (χ0) is 33.5. The van der Waals surface area contributed by atoms with Crippen LogP contribution in [0.15, 0.2) is 170 Å². The minimum atomic E-state index is 0.717. The third-order valence-corrected chi connectivity index (χ3v) is 11.2. The highest BCUT2D eigenvalue weighted by Gasteiger charge is 2.19. The minimum Gasteiger partial charge on any atom is -0.309 e. The summed E-state index contributed by atoms with van der Waals surface area (Å²) in [5, 5.41) is 7.26. The lowest BCUT2D eigenvalue weighted by Crippen LogP contribution is -1.98. The molecule has 5 heteroatoms. The van der Waals surface area contributed by atoms with E-state index in [2.05, 4.69) is 179 Å². The van der Waals surface area contributed by atoms with Crippen LogP contribution in [0.2, 0.25) is 0 Å². The molecule has 4 nitrogen and oxygen atoms in total. The van der Waals surface area contributed by atoms with Crippen LogP contribution in [0.3, 0.4) is 0 Å². The highest BCUT2D eigenvalue weighted by molar-refractivity contribution is 7.25. The van der Waals surface area contributed by atoms with Crippen LogP contribution in [0.5, 0.6) is 0 Å². The molecule has 0 bridgehead atoms. The molecule has 238 valence electrons. The topological polar surface area (TPSA) is 35.6 Å². The van der Waals surface area contributed by atoms with E-state index in [4.69, 9.17) is 9.97 Å². The van der Waals surface area contributed by atoms with Gasteiger partial charge in [-0.05, 0) is 54.6 Å². The monoisotopic (exact) mass is 668 g/mol. The van der Waals surface area contributed by atoms with Gasteiger partial charge in [-0.2, -0.15) is 0 Å². The fourth-order valence-electron chi connectivity index (χ4n) is 7.94. The molecule has 0 aliphatic carbocycles. The largest absolute Gasteiger partial charge is 0.309 e. The zero-order valence-electron chi connectivity index (χ0n) is 27.4. The van der Waals surface area contributed by atoms with Gasteiger partial charge >= 0.3 is 0 Å². The molecule has 0 amide bonds. The average Bonchev–Trinajstić information content (AvgIpc) is 3.85. The van der Waals surface area contributed by atoms with E-state index in [9.17, 15) is 0 Å². The fraction of sp³-hybridized carbons (Fsp3) is 0. The zero-order valence-corrected chi connectivity index (χ0v) is 28.2. The van der Waals surface area contributed by atoms with Crippen LogP contribution in [-0.4, -0.2) is 19.1 Å². The van der Waals surface area contributed by atoms with E-state index in [1.165, 1.54) is 53.7 Å². The van der Waals surface area contributed by atoms with Crippen molar-refractivity contribution >= 4 is 75.3 Å². The van der Waals surface area contributed by atoms with Crippen LogP contribution in [0, 0.1) is 0 Å². The molecule has 0 spiro atoms. The first-order valence-electron chi connectivity index (χ1n) is 17.2.